The zero-order valence-corrected chi connectivity index (χ0v) is 18.7. The van der Waals surface area contributed by atoms with Crippen molar-refractivity contribution >= 4 is 29.0 Å². The number of aromatic nitrogens is 4. The minimum absolute atomic E-state index is 0.149. The Balaban J connectivity index is 1.74. The SMILES string of the molecule is Cc1cccc(-n2c(=S)[nH]c3cc(C(=O)N(C)Cc4cnn(C)c4)ccc3c2=O)c1C. The standard InChI is InChI=1S/C23H23N5O2S/c1-14-6-5-7-20(15(14)2)28-22(30)18-9-8-17(10-19(18)25-23(28)31)21(29)26(3)12-16-11-24-27(4)13-16/h5-11,13H,12H2,1-4H3,(H,25,31). The molecule has 0 atom stereocenters. The Bertz CT molecular complexity index is 1430. The van der Waals surface area contributed by atoms with Gasteiger partial charge in [-0.3, -0.25) is 18.8 Å². The first-order chi connectivity index (χ1) is 14.8. The summed E-state index contributed by atoms with van der Waals surface area (Å²) in [5.41, 5.74) is 4.57. The Morgan fingerprint density at radius 2 is 2.00 bits per heavy atom. The van der Waals surface area contributed by atoms with Gasteiger partial charge >= 0.3 is 0 Å². The fourth-order valence-corrected chi connectivity index (χ4v) is 3.96. The van der Waals surface area contributed by atoms with Gasteiger partial charge in [-0.25, -0.2) is 0 Å². The van der Waals surface area contributed by atoms with Gasteiger partial charge in [0, 0.05) is 38.0 Å². The van der Waals surface area contributed by atoms with Crippen LogP contribution in [-0.2, 0) is 13.6 Å². The van der Waals surface area contributed by atoms with E-state index in [0.717, 1.165) is 22.4 Å². The van der Waals surface area contributed by atoms with Crippen LogP contribution >= 0.6 is 12.2 Å². The molecule has 0 saturated heterocycles. The third-order valence-corrected chi connectivity index (χ3v) is 5.77. The Morgan fingerprint density at radius 3 is 2.71 bits per heavy atom. The molecule has 4 aromatic rings. The maximum Gasteiger partial charge on any atom is 0.266 e. The average molecular weight is 434 g/mol. The summed E-state index contributed by atoms with van der Waals surface area (Å²) in [6, 6.07) is 10.8. The molecular formula is C23H23N5O2S. The lowest BCUT2D eigenvalue weighted by Gasteiger charge is -2.17. The minimum Gasteiger partial charge on any atom is -0.337 e. The van der Waals surface area contributed by atoms with Gasteiger partial charge in [-0.05, 0) is 61.5 Å². The van der Waals surface area contributed by atoms with Crippen LogP contribution in [0.1, 0.15) is 27.0 Å². The van der Waals surface area contributed by atoms with Gasteiger partial charge in [-0.1, -0.05) is 12.1 Å². The zero-order chi connectivity index (χ0) is 22.3. The zero-order valence-electron chi connectivity index (χ0n) is 17.8. The first-order valence-electron chi connectivity index (χ1n) is 9.85. The van der Waals surface area contributed by atoms with Gasteiger partial charge in [0.05, 0.1) is 22.8 Å². The van der Waals surface area contributed by atoms with Gasteiger partial charge in [0.25, 0.3) is 11.5 Å². The monoisotopic (exact) mass is 433 g/mol. The summed E-state index contributed by atoms with van der Waals surface area (Å²) in [5.74, 6) is -0.149. The second-order valence-electron chi connectivity index (χ2n) is 7.73. The van der Waals surface area contributed by atoms with Crippen molar-refractivity contribution in [2.75, 3.05) is 7.05 Å². The summed E-state index contributed by atoms with van der Waals surface area (Å²) in [4.78, 5) is 30.9. The average Bonchev–Trinajstić information content (AvgIpc) is 3.14. The number of nitrogens with zero attached hydrogens (tertiary/aromatic N) is 4. The van der Waals surface area contributed by atoms with Crippen LogP contribution in [0.3, 0.4) is 0 Å². The Morgan fingerprint density at radius 1 is 1.23 bits per heavy atom. The summed E-state index contributed by atoms with van der Waals surface area (Å²) in [6.45, 7) is 4.41. The molecule has 7 nitrogen and oxygen atoms in total. The van der Waals surface area contributed by atoms with Gasteiger partial charge < -0.3 is 9.88 Å². The molecule has 0 aliphatic rings. The number of nitrogens with one attached hydrogen (secondary N) is 1. The lowest BCUT2D eigenvalue weighted by Crippen LogP contribution is -2.26. The maximum absolute atomic E-state index is 13.2. The molecule has 0 unspecified atom stereocenters. The summed E-state index contributed by atoms with van der Waals surface area (Å²) < 4.78 is 3.50. The summed E-state index contributed by atoms with van der Waals surface area (Å²) in [7, 11) is 3.57. The molecule has 0 radical (unpaired) electrons. The Labute approximate surface area is 184 Å². The fourth-order valence-electron chi connectivity index (χ4n) is 3.67. The van der Waals surface area contributed by atoms with Crippen LogP contribution in [0.5, 0.6) is 0 Å². The number of aryl methyl sites for hydroxylation is 2. The number of hydrogen-bond acceptors (Lipinski definition) is 4. The highest BCUT2D eigenvalue weighted by Gasteiger charge is 2.16. The molecule has 2 aromatic carbocycles. The molecular weight excluding hydrogens is 410 g/mol. The van der Waals surface area contributed by atoms with Gasteiger partial charge in [-0.2, -0.15) is 5.10 Å². The van der Waals surface area contributed by atoms with Crippen LogP contribution in [0.2, 0.25) is 0 Å². The molecule has 8 heteroatoms. The Hall–Kier alpha value is -3.52. The summed E-state index contributed by atoms with van der Waals surface area (Å²) >= 11 is 5.50. The molecule has 4 rings (SSSR count). The van der Waals surface area contributed by atoms with Crippen LogP contribution in [0.25, 0.3) is 16.6 Å². The number of aromatic amines is 1. The highest BCUT2D eigenvalue weighted by molar-refractivity contribution is 7.71. The third-order valence-electron chi connectivity index (χ3n) is 5.49. The number of carbonyl (C=O) groups excluding carboxylic acids is 1. The van der Waals surface area contributed by atoms with Gasteiger partial charge in [0.1, 0.15) is 0 Å². The molecule has 0 aliphatic heterocycles. The van der Waals surface area contributed by atoms with E-state index < -0.39 is 0 Å². The van der Waals surface area contributed by atoms with Crippen LogP contribution in [-0.4, -0.2) is 37.2 Å². The number of carbonyl (C=O) groups is 1. The molecule has 1 amide bonds. The van der Waals surface area contributed by atoms with E-state index in [2.05, 4.69) is 10.1 Å². The number of hydrogen-bond donors (Lipinski definition) is 1. The van der Waals surface area contributed by atoms with Crippen molar-refractivity contribution in [1.82, 2.24) is 24.2 Å². The first kappa shape index (κ1) is 20.7. The quantitative estimate of drug-likeness (QED) is 0.498. The molecule has 0 spiro atoms. The fraction of sp³-hybridized carbons (Fsp3) is 0.217. The molecule has 1 N–H and O–H groups in total. The van der Waals surface area contributed by atoms with Crippen molar-refractivity contribution in [3.63, 3.8) is 0 Å². The molecule has 0 saturated carbocycles. The normalized spacial score (nSPS) is 11.1. The van der Waals surface area contributed by atoms with Crippen molar-refractivity contribution in [1.29, 1.82) is 0 Å². The first-order valence-corrected chi connectivity index (χ1v) is 10.3. The largest absolute Gasteiger partial charge is 0.337 e. The molecule has 2 aromatic heterocycles. The molecule has 31 heavy (non-hydrogen) atoms. The lowest BCUT2D eigenvalue weighted by molar-refractivity contribution is 0.0785. The van der Waals surface area contributed by atoms with E-state index in [1.54, 1.807) is 41.0 Å². The highest BCUT2D eigenvalue weighted by Crippen LogP contribution is 2.19. The topological polar surface area (TPSA) is 75.9 Å². The van der Waals surface area contributed by atoms with Gasteiger partial charge in [0.2, 0.25) is 0 Å². The third kappa shape index (κ3) is 3.82. The van der Waals surface area contributed by atoms with Crippen LogP contribution in [0, 0.1) is 18.6 Å². The van der Waals surface area contributed by atoms with E-state index in [1.807, 2.05) is 45.3 Å². The van der Waals surface area contributed by atoms with E-state index in [1.165, 1.54) is 4.57 Å². The molecule has 2 heterocycles. The van der Waals surface area contributed by atoms with Crippen molar-refractivity contribution in [3.05, 3.63) is 86.2 Å². The number of fused-ring (bicyclic) bond motifs is 1. The van der Waals surface area contributed by atoms with Crippen LogP contribution in [0.15, 0.2) is 53.6 Å². The smallest absolute Gasteiger partial charge is 0.266 e. The number of benzene rings is 2. The van der Waals surface area contributed by atoms with Crippen molar-refractivity contribution < 1.29 is 4.79 Å². The van der Waals surface area contributed by atoms with Crippen LogP contribution in [0.4, 0.5) is 0 Å². The lowest BCUT2D eigenvalue weighted by atomic mass is 10.1. The molecule has 158 valence electrons. The minimum atomic E-state index is -0.213. The predicted octanol–water partition coefficient (Wildman–Crippen LogP) is 3.67. The van der Waals surface area contributed by atoms with E-state index in [-0.39, 0.29) is 11.5 Å². The van der Waals surface area contributed by atoms with Crippen molar-refractivity contribution in [2.45, 2.75) is 20.4 Å². The van der Waals surface area contributed by atoms with Crippen LogP contribution < -0.4 is 5.56 Å². The Kier molecular flexibility index (Phi) is 5.32. The van der Waals surface area contributed by atoms with Crippen molar-refractivity contribution in [2.24, 2.45) is 7.05 Å². The van der Waals surface area contributed by atoms with E-state index in [9.17, 15) is 9.59 Å². The van der Waals surface area contributed by atoms with E-state index in [0.29, 0.717) is 27.8 Å². The molecule has 0 aliphatic carbocycles. The van der Waals surface area contributed by atoms with E-state index in [4.69, 9.17) is 12.2 Å². The van der Waals surface area contributed by atoms with Gasteiger partial charge in [-0.15, -0.1) is 0 Å². The number of rotatable bonds is 4. The summed E-state index contributed by atoms with van der Waals surface area (Å²) in [6.07, 6.45) is 3.61. The predicted molar refractivity (Wildman–Crippen MR) is 123 cm³/mol. The highest BCUT2D eigenvalue weighted by atomic mass is 32.1. The van der Waals surface area contributed by atoms with Gasteiger partial charge in [0.15, 0.2) is 4.77 Å². The molecule has 0 bridgehead atoms. The van der Waals surface area contributed by atoms with E-state index >= 15 is 0 Å². The molecule has 0 fully saturated rings. The second kappa shape index (κ2) is 7.96. The number of H-pyrrole nitrogens is 1. The maximum atomic E-state index is 13.2. The second-order valence-corrected chi connectivity index (χ2v) is 8.12. The number of amides is 1. The van der Waals surface area contributed by atoms with Crippen molar-refractivity contribution in [3.8, 4) is 5.69 Å². The summed E-state index contributed by atoms with van der Waals surface area (Å²) in [5, 5.41) is 4.61.